The normalized spacial score (nSPS) is 26.4. The van der Waals surface area contributed by atoms with Crippen LogP contribution in [0.15, 0.2) is 24.3 Å². The van der Waals surface area contributed by atoms with Crippen molar-refractivity contribution in [2.75, 3.05) is 6.61 Å². The van der Waals surface area contributed by atoms with Gasteiger partial charge in [0.05, 0.1) is 5.92 Å². The van der Waals surface area contributed by atoms with E-state index in [2.05, 4.69) is 26.0 Å². The molecule has 3 nitrogen and oxygen atoms in total. The zero-order valence-electron chi connectivity index (χ0n) is 19.7. The minimum Gasteiger partial charge on any atom is -0.457 e. The van der Waals surface area contributed by atoms with E-state index >= 15 is 0 Å². The van der Waals surface area contributed by atoms with Crippen molar-refractivity contribution in [1.82, 2.24) is 0 Å². The highest BCUT2D eigenvalue weighted by atomic mass is 16.5. The highest BCUT2D eigenvalue weighted by Gasteiger charge is 2.27. The van der Waals surface area contributed by atoms with Crippen LogP contribution in [-0.4, -0.2) is 18.4 Å². The zero-order chi connectivity index (χ0) is 22.1. The number of esters is 1. The van der Waals surface area contributed by atoms with Crippen LogP contribution in [0.3, 0.4) is 0 Å². The van der Waals surface area contributed by atoms with E-state index in [4.69, 9.17) is 4.74 Å². The average Bonchev–Trinajstić information content (AvgIpc) is 2.82. The van der Waals surface area contributed by atoms with Crippen LogP contribution in [0.5, 0.6) is 0 Å². The van der Waals surface area contributed by atoms with Crippen molar-refractivity contribution < 1.29 is 14.3 Å². The van der Waals surface area contributed by atoms with Crippen molar-refractivity contribution in [1.29, 1.82) is 0 Å². The molecule has 1 aromatic rings. The maximum absolute atomic E-state index is 12.5. The third kappa shape index (κ3) is 7.19. The van der Waals surface area contributed by atoms with E-state index in [1.165, 1.54) is 63.4 Å². The van der Waals surface area contributed by atoms with Crippen molar-refractivity contribution in [2.24, 2.45) is 17.8 Å². The summed E-state index contributed by atoms with van der Waals surface area (Å²) in [6.07, 6.45) is 15.7. The maximum Gasteiger partial charge on any atom is 0.309 e. The molecule has 0 unspecified atom stereocenters. The Balaban J connectivity index is 1.40. The molecule has 2 aliphatic carbocycles. The van der Waals surface area contributed by atoms with Gasteiger partial charge in [-0.1, -0.05) is 70.2 Å². The molecule has 3 rings (SSSR count). The van der Waals surface area contributed by atoms with Gasteiger partial charge in [-0.3, -0.25) is 9.59 Å². The summed E-state index contributed by atoms with van der Waals surface area (Å²) in [5, 5.41) is 0. The second-order valence-electron chi connectivity index (χ2n) is 10.0. The molecular weight excluding hydrogens is 384 g/mol. The first-order valence-corrected chi connectivity index (χ1v) is 12.9. The van der Waals surface area contributed by atoms with E-state index in [0.29, 0.717) is 11.5 Å². The SMILES string of the molecule is CCCCC1CCC(C(=O)OCC(=O)c2ccc(C3CCC(CCC)CC3)cc2)CC1. The minimum atomic E-state index is -0.178. The Hall–Kier alpha value is -1.64. The third-order valence-corrected chi connectivity index (χ3v) is 7.74. The maximum atomic E-state index is 12.5. The lowest BCUT2D eigenvalue weighted by atomic mass is 9.77. The Labute approximate surface area is 189 Å². The number of ether oxygens (including phenoxy) is 1. The molecule has 0 atom stereocenters. The van der Waals surface area contributed by atoms with Gasteiger partial charge in [-0.05, 0) is 74.7 Å². The fourth-order valence-electron chi connectivity index (χ4n) is 5.65. The highest BCUT2D eigenvalue weighted by molar-refractivity contribution is 5.98. The molecule has 2 saturated carbocycles. The standard InChI is InChI=1S/C28H42O3/c1-3-5-7-22-10-14-26(15-11-22)28(30)31-20-27(29)25-18-16-24(17-19-25)23-12-8-21(6-4-2)9-13-23/h16-19,21-23,26H,3-15,20H2,1-2H3. The van der Waals surface area contributed by atoms with Gasteiger partial charge in [0, 0.05) is 5.56 Å². The van der Waals surface area contributed by atoms with Crippen LogP contribution in [0.4, 0.5) is 0 Å². The summed E-state index contributed by atoms with van der Waals surface area (Å²) in [5.41, 5.74) is 2.00. The number of rotatable bonds is 10. The van der Waals surface area contributed by atoms with E-state index < -0.39 is 0 Å². The van der Waals surface area contributed by atoms with E-state index in [1.807, 2.05) is 12.1 Å². The Morgan fingerprint density at radius 2 is 1.42 bits per heavy atom. The van der Waals surface area contributed by atoms with Gasteiger partial charge in [0.25, 0.3) is 0 Å². The molecule has 2 aliphatic rings. The number of ketones is 1. The van der Waals surface area contributed by atoms with Crippen LogP contribution >= 0.6 is 0 Å². The molecule has 0 heterocycles. The van der Waals surface area contributed by atoms with Gasteiger partial charge in [-0.25, -0.2) is 0 Å². The quantitative estimate of drug-likeness (QED) is 0.288. The number of benzene rings is 1. The van der Waals surface area contributed by atoms with Crippen LogP contribution in [0.25, 0.3) is 0 Å². The van der Waals surface area contributed by atoms with Gasteiger partial charge in [0.1, 0.15) is 0 Å². The average molecular weight is 427 g/mol. The molecule has 0 amide bonds. The largest absolute Gasteiger partial charge is 0.457 e. The molecule has 0 saturated heterocycles. The summed E-state index contributed by atoms with van der Waals surface area (Å²) < 4.78 is 5.41. The van der Waals surface area contributed by atoms with Crippen molar-refractivity contribution in [3.05, 3.63) is 35.4 Å². The predicted molar refractivity (Wildman–Crippen MR) is 126 cm³/mol. The molecule has 0 N–H and O–H groups in total. The van der Waals surface area contributed by atoms with Crippen molar-refractivity contribution >= 4 is 11.8 Å². The smallest absolute Gasteiger partial charge is 0.309 e. The van der Waals surface area contributed by atoms with Gasteiger partial charge in [0.15, 0.2) is 12.4 Å². The van der Waals surface area contributed by atoms with Gasteiger partial charge < -0.3 is 4.74 Å². The lowest BCUT2D eigenvalue weighted by molar-refractivity contribution is -0.148. The molecule has 1 aromatic carbocycles. The second kappa shape index (κ2) is 12.4. The molecule has 172 valence electrons. The Morgan fingerprint density at radius 3 is 2.03 bits per heavy atom. The van der Waals surface area contributed by atoms with Crippen LogP contribution in [0, 0.1) is 17.8 Å². The van der Waals surface area contributed by atoms with E-state index in [-0.39, 0.29) is 24.3 Å². The van der Waals surface area contributed by atoms with E-state index in [9.17, 15) is 9.59 Å². The lowest BCUT2D eigenvalue weighted by Gasteiger charge is -2.28. The molecule has 0 radical (unpaired) electrons. The number of carbonyl (C=O) groups is 2. The summed E-state index contributed by atoms with van der Waals surface area (Å²) >= 11 is 0. The third-order valence-electron chi connectivity index (χ3n) is 7.74. The zero-order valence-corrected chi connectivity index (χ0v) is 19.7. The summed E-state index contributed by atoms with van der Waals surface area (Å²) in [6.45, 7) is 4.38. The van der Waals surface area contributed by atoms with Gasteiger partial charge in [-0.15, -0.1) is 0 Å². The molecule has 0 spiro atoms. The molecule has 31 heavy (non-hydrogen) atoms. The highest BCUT2D eigenvalue weighted by Crippen LogP contribution is 2.37. The first-order valence-electron chi connectivity index (χ1n) is 12.9. The summed E-state index contributed by atoms with van der Waals surface area (Å²) in [5.74, 6) is 2.01. The van der Waals surface area contributed by atoms with E-state index in [1.54, 1.807) is 0 Å². The van der Waals surface area contributed by atoms with Crippen LogP contribution in [0.2, 0.25) is 0 Å². The number of hydrogen-bond donors (Lipinski definition) is 0. The Morgan fingerprint density at radius 1 is 0.806 bits per heavy atom. The van der Waals surface area contributed by atoms with Crippen molar-refractivity contribution in [2.45, 2.75) is 103 Å². The molecule has 2 fully saturated rings. The monoisotopic (exact) mass is 426 g/mol. The number of unbranched alkanes of at least 4 members (excludes halogenated alkanes) is 1. The lowest BCUT2D eigenvalue weighted by Crippen LogP contribution is -2.25. The molecular formula is C28H42O3. The molecule has 3 heteroatoms. The summed E-state index contributed by atoms with van der Waals surface area (Å²) in [6, 6.07) is 8.06. The first kappa shape index (κ1) is 24.0. The van der Waals surface area contributed by atoms with Crippen molar-refractivity contribution in [3.8, 4) is 0 Å². The Bertz CT molecular complexity index is 677. The van der Waals surface area contributed by atoms with E-state index in [0.717, 1.165) is 37.5 Å². The molecule has 0 bridgehead atoms. The van der Waals surface area contributed by atoms with Gasteiger partial charge in [-0.2, -0.15) is 0 Å². The summed E-state index contributed by atoms with van der Waals surface area (Å²) in [7, 11) is 0. The van der Waals surface area contributed by atoms with Crippen LogP contribution in [0.1, 0.15) is 119 Å². The Kier molecular flexibility index (Phi) is 9.61. The summed E-state index contributed by atoms with van der Waals surface area (Å²) in [4.78, 5) is 24.9. The molecule has 0 aliphatic heterocycles. The van der Waals surface area contributed by atoms with Gasteiger partial charge in [0.2, 0.25) is 0 Å². The fraction of sp³-hybridized carbons (Fsp3) is 0.714. The van der Waals surface area contributed by atoms with Crippen molar-refractivity contribution in [3.63, 3.8) is 0 Å². The second-order valence-corrected chi connectivity index (χ2v) is 10.0. The minimum absolute atomic E-state index is 0.0177. The fourth-order valence-corrected chi connectivity index (χ4v) is 5.65. The molecule has 0 aromatic heterocycles. The van der Waals surface area contributed by atoms with Gasteiger partial charge >= 0.3 is 5.97 Å². The first-order chi connectivity index (χ1) is 15.1. The van der Waals surface area contributed by atoms with Crippen LogP contribution in [-0.2, 0) is 9.53 Å². The van der Waals surface area contributed by atoms with Crippen LogP contribution < -0.4 is 0 Å². The number of Topliss-reactive ketones (excluding diaryl/α,β-unsaturated/α-hetero) is 1. The topological polar surface area (TPSA) is 43.4 Å². The number of hydrogen-bond acceptors (Lipinski definition) is 3. The predicted octanol–water partition coefficient (Wildman–Crippen LogP) is 7.48. The number of carbonyl (C=O) groups excluding carboxylic acids is 2.